The molecule has 4 fully saturated rings. The number of esters is 1. The third kappa shape index (κ3) is 2.14. The molecule has 0 spiro atoms. The average Bonchev–Trinajstić information content (AvgIpc) is 2.82. The second kappa shape index (κ2) is 5.77. The minimum Gasteiger partial charge on any atom is -0.479 e. The van der Waals surface area contributed by atoms with E-state index in [0.29, 0.717) is 4.90 Å². The van der Waals surface area contributed by atoms with Crippen LogP contribution in [0.3, 0.4) is 0 Å². The Morgan fingerprint density at radius 3 is 2.03 bits per heavy atom. The van der Waals surface area contributed by atoms with Crippen LogP contribution in [0.1, 0.15) is 40.5 Å². The Labute approximate surface area is 178 Å². The second-order valence-corrected chi connectivity index (χ2v) is 14.6. The second-order valence-electron chi connectivity index (χ2n) is 9.26. The van der Waals surface area contributed by atoms with Crippen LogP contribution in [0.5, 0.6) is 0 Å². The highest BCUT2D eigenvalue weighted by Gasteiger charge is 2.77. The minimum atomic E-state index is -4.10. The number of amides is 2. The van der Waals surface area contributed by atoms with Crippen molar-refractivity contribution >= 4 is 43.4 Å². The van der Waals surface area contributed by atoms with Gasteiger partial charge in [-0.3, -0.25) is 9.59 Å². The molecule has 12 nitrogen and oxygen atoms in total. The summed E-state index contributed by atoms with van der Waals surface area (Å²) in [5, 5.41) is 7.47. The number of fused-ring (bicyclic) bond motifs is 2. The quantitative estimate of drug-likeness (QED) is 0.361. The topological polar surface area (TPSA) is 172 Å². The number of sulfone groups is 2. The summed E-state index contributed by atoms with van der Waals surface area (Å²) in [5.41, 5.74) is -2.39. The first-order chi connectivity index (χ1) is 14.0. The highest BCUT2D eigenvalue weighted by Crippen LogP contribution is 2.53. The van der Waals surface area contributed by atoms with Gasteiger partial charge in [0, 0.05) is 0 Å². The number of carboxylic acids is 1. The van der Waals surface area contributed by atoms with E-state index in [0.717, 1.165) is 18.7 Å². The van der Waals surface area contributed by atoms with Crippen LogP contribution < -0.4 is 0 Å². The van der Waals surface area contributed by atoms with Gasteiger partial charge in [0.2, 0.25) is 11.8 Å². The van der Waals surface area contributed by atoms with Crippen molar-refractivity contribution in [1.29, 1.82) is 0 Å². The lowest BCUT2D eigenvalue weighted by Crippen LogP contribution is -2.69. The molecule has 31 heavy (non-hydrogen) atoms. The molecule has 0 aliphatic carbocycles. The summed E-state index contributed by atoms with van der Waals surface area (Å²) in [6, 6.07) is -1.52. The molecular formula is C17H22N2O10S2. The first-order valence-corrected chi connectivity index (χ1v) is 12.6. The first kappa shape index (κ1) is 22.0. The molecule has 4 atom stereocenters. The van der Waals surface area contributed by atoms with Crippen molar-refractivity contribution < 1.29 is 45.9 Å². The lowest BCUT2D eigenvalue weighted by atomic mass is 9.82. The van der Waals surface area contributed by atoms with Gasteiger partial charge in [0.15, 0.2) is 25.2 Å². The van der Waals surface area contributed by atoms with E-state index in [2.05, 4.69) is 0 Å². The Morgan fingerprint density at radius 1 is 1.00 bits per heavy atom. The number of carboxylic acid groups (broad SMARTS) is 1. The van der Waals surface area contributed by atoms with Crippen LogP contribution >= 0.6 is 0 Å². The van der Waals surface area contributed by atoms with E-state index in [-0.39, 0.29) is 12.8 Å². The summed E-state index contributed by atoms with van der Waals surface area (Å²) >= 11 is 0. The van der Waals surface area contributed by atoms with Crippen molar-refractivity contribution in [2.24, 2.45) is 0 Å². The summed E-state index contributed by atoms with van der Waals surface area (Å²) in [6.45, 7) is 3.83. The molecule has 0 aromatic rings. The molecule has 4 rings (SSSR count). The molecule has 0 radical (unpaired) electrons. The van der Waals surface area contributed by atoms with Gasteiger partial charge in [-0.2, -0.15) is 0 Å². The summed E-state index contributed by atoms with van der Waals surface area (Å²) in [6.07, 6.45) is -0.629. The van der Waals surface area contributed by atoms with Crippen molar-refractivity contribution in [3.63, 3.8) is 0 Å². The van der Waals surface area contributed by atoms with Gasteiger partial charge in [0.1, 0.15) is 28.1 Å². The standard InChI is InChI=1S/C17H22N2O10S2/c1-15(2)12(18-8(20)5-10(18)30(15,25)26)13(22)29-7-17(14(23)24)16(3,4)31(27,28)11-6-9(21)19(11)17/h10-12H,5-7H2,1-4H3,(H,23,24)/t10-,11-,12+,17+/m1/s1. The maximum absolute atomic E-state index is 12.9. The van der Waals surface area contributed by atoms with Crippen LogP contribution in [-0.2, 0) is 43.6 Å². The monoisotopic (exact) mass is 478 g/mol. The number of aliphatic carboxylic acids is 1. The summed E-state index contributed by atoms with van der Waals surface area (Å²) in [4.78, 5) is 51.0. The van der Waals surface area contributed by atoms with Crippen LogP contribution in [-0.4, -0.2) is 93.9 Å². The van der Waals surface area contributed by atoms with Crippen LogP contribution in [0.4, 0.5) is 0 Å². The zero-order valence-corrected chi connectivity index (χ0v) is 18.8. The van der Waals surface area contributed by atoms with Gasteiger partial charge in [0.25, 0.3) is 0 Å². The molecule has 1 N–H and O–H groups in total. The molecule has 4 aliphatic heterocycles. The summed E-state index contributed by atoms with van der Waals surface area (Å²) < 4.78 is 52.6. The molecular weight excluding hydrogens is 456 g/mol. The van der Waals surface area contributed by atoms with Gasteiger partial charge >= 0.3 is 11.9 Å². The number of hydrogen-bond donors (Lipinski definition) is 1. The molecule has 2 amide bonds. The van der Waals surface area contributed by atoms with Gasteiger partial charge in [-0.1, -0.05) is 0 Å². The van der Waals surface area contributed by atoms with Crippen molar-refractivity contribution in [1.82, 2.24) is 9.80 Å². The Kier molecular flexibility index (Phi) is 4.09. The highest BCUT2D eigenvalue weighted by atomic mass is 32.2. The van der Waals surface area contributed by atoms with Crippen LogP contribution in [0.2, 0.25) is 0 Å². The van der Waals surface area contributed by atoms with Crippen LogP contribution in [0, 0.1) is 0 Å². The van der Waals surface area contributed by atoms with Gasteiger partial charge in [-0.05, 0) is 27.7 Å². The number of nitrogens with zero attached hydrogens (tertiary/aromatic N) is 2. The van der Waals surface area contributed by atoms with Crippen LogP contribution in [0.15, 0.2) is 0 Å². The molecule has 0 aromatic carbocycles. The third-order valence-electron chi connectivity index (χ3n) is 7.36. The van der Waals surface area contributed by atoms with Gasteiger partial charge in [0.05, 0.1) is 17.6 Å². The van der Waals surface area contributed by atoms with E-state index in [4.69, 9.17) is 4.74 Å². The van der Waals surface area contributed by atoms with E-state index in [1.165, 1.54) is 13.8 Å². The number of β-lactam (4-membered cyclic amide) rings is 2. The summed E-state index contributed by atoms with van der Waals surface area (Å²) in [5.74, 6) is -4.11. The molecule has 0 saturated carbocycles. The number of carbonyl (C=O) groups excluding carboxylic acids is 3. The molecule has 0 unspecified atom stereocenters. The number of rotatable bonds is 4. The largest absolute Gasteiger partial charge is 0.479 e. The molecule has 4 aliphatic rings. The molecule has 172 valence electrons. The van der Waals surface area contributed by atoms with Gasteiger partial charge in [-0.15, -0.1) is 0 Å². The maximum Gasteiger partial charge on any atom is 0.334 e. The molecule has 4 heterocycles. The van der Waals surface area contributed by atoms with E-state index in [9.17, 15) is 41.1 Å². The predicted octanol–water partition coefficient (Wildman–Crippen LogP) is -1.75. The Morgan fingerprint density at radius 2 is 1.55 bits per heavy atom. The van der Waals surface area contributed by atoms with Crippen LogP contribution in [0.25, 0.3) is 0 Å². The van der Waals surface area contributed by atoms with Crippen molar-refractivity contribution in [2.45, 2.75) is 72.4 Å². The molecule has 0 bridgehead atoms. The van der Waals surface area contributed by atoms with Crippen molar-refractivity contribution in [2.75, 3.05) is 6.61 Å². The maximum atomic E-state index is 12.9. The minimum absolute atomic E-state index is 0.260. The Hall–Kier alpha value is -2.22. The SMILES string of the molecule is CC1(C)[C@H](C(=O)OC[C@@]2(C(=O)O)N3C(=O)C[C@H]3S(=O)(=O)C2(C)C)N2C(=O)C[C@H]2S1(=O)=O. The van der Waals surface area contributed by atoms with E-state index in [1.54, 1.807) is 0 Å². The number of carbonyl (C=O) groups is 4. The number of ether oxygens (including phenoxy) is 1. The first-order valence-electron chi connectivity index (χ1n) is 9.48. The number of hydrogen-bond acceptors (Lipinski definition) is 9. The van der Waals surface area contributed by atoms with Gasteiger partial charge < -0.3 is 19.6 Å². The van der Waals surface area contributed by atoms with Crippen molar-refractivity contribution in [3.8, 4) is 0 Å². The fraction of sp³-hybridized carbons (Fsp3) is 0.765. The molecule has 4 saturated heterocycles. The fourth-order valence-corrected chi connectivity index (χ4v) is 9.54. The normalized spacial score (nSPS) is 38.0. The lowest BCUT2D eigenvalue weighted by molar-refractivity contribution is -0.179. The zero-order chi connectivity index (χ0) is 23.5. The fourth-order valence-electron chi connectivity index (χ4n) is 5.09. The average molecular weight is 479 g/mol. The van der Waals surface area contributed by atoms with Crippen molar-refractivity contribution in [3.05, 3.63) is 0 Å². The highest BCUT2D eigenvalue weighted by molar-refractivity contribution is 7.94. The Bertz CT molecular complexity index is 1160. The van der Waals surface area contributed by atoms with E-state index in [1.807, 2.05) is 0 Å². The zero-order valence-electron chi connectivity index (χ0n) is 17.2. The van der Waals surface area contributed by atoms with Gasteiger partial charge in [-0.25, -0.2) is 26.4 Å². The lowest BCUT2D eigenvalue weighted by Gasteiger charge is -2.44. The van der Waals surface area contributed by atoms with E-state index >= 15 is 0 Å². The summed E-state index contributed by atoms with van der Waals surface area (Å²) in [7, 11) is -8.00. The molecule has 0 aromatic heterocycles. The third-order valence-corrected chi connectivity index (χ3v) is 13.0. The molecule has 14 heteroatoms. The Balaban J connectivity index is 1.69. The smallest absolute Gasteiger partial charge is 0.334 e. The van der Waals surface area contributed by atoms with E-state index < -0.39 is 81.9 Å². The predicted molar refractivity (Wildman–Crippen MR) is 102 cm³/mol.